The van der Waals surface area contributed by atoms with Gasteiger partial charge in [-0.15, -0.1) is 0 Å². The van der Waals surface area contributed by atoms with Crippen LogP contribution in [-0.4, -0.2) is 93.8 Å². The number of amides is 4. The number of hydrogen-bond acceptors (Lipinski definition) is 12. The Morgan fingerprint density at radius 1 is 0.774 bits per heavy atom. The van der Waals surface area contributed by atoms with Gasteiger partial charge in [0.2, 0.25) is 17.8 Å². The largest absolute Gasteiger partial charge is 0.494 e. The normalized spacial score (nSPS) is 11.5. The van der Waals surface area contributed by atoms with Crippen molar-refractivity contribution in [2.45, 2.75) is 73.3 Å². The fraction of sp³-hybridized carbons (Fsp3) is 0.333. The topological polar surface area (TPSA) is 250 Å². The average molecular weight is 849 g/mol. The first-order valence-electron chi connectivity index (χ1n) is 19.5. The van der Waals surface area contributed by atoms with Gasteiger partial charge in [0.25, 0.3) is 17.7 Å². The average Bonchev–Trinajstić information content (AvgIpc) is 3.99. The molecule has 0 saturated carbocycles. The number of aliphatic hydroxyl groups is 1. The van der Waals surface area contributed by atoms with Gasteiger partial charge in [0.05, 0.1) is 36.6 Å². The first kappa shape index (κ1) is 44.1. The van der Waals surface area contributed by atoms with Gasteiger partial charge in [0.1, 0.15) is 46.1 Å². The number of carbonyl (C=O) groups excluding carboxylic acids is 4. The maximum atomic E-state index is 13.8. The van der Waals surface area contributed by atoms with Crippen LogP contribution in [0.2, 0.25) is 0 Å². The van der Waals surface area contributed by atoms with Crippen molar-refractivity contribution < 1.29 is 38.6 Å². The van der Waals surface area contributed by atoms with E-state index in [0.29, 0.717) is 63.7 Å². The lowest BCUT2D eigenvalue weighted by Gasteiger charge is -2.13. The Balaban J connectivity index is 1.43. The Morgan fingerprint density at radius 2 is 1.27 bits per heavy atom. The van der Waals surface area contributed by atoms with Crippen LogP contribution < -0.4 is 31.3 Å². The highest BCUT2D eigenvalue weighted by Gasteiger charge is 2.24. The summed E-state index contributed by atoms with van der Waals surface area (Å²) in [5.41, 5.74) is 10.5. The summed E-state index contributed by atoms with van der Waals surface area (Å²) in [5.74, 6) is 4.06. The number of rotatable bonds is 16. The first-order chi connectivity index (χ1) is 29.5. The minimum absolute atomic E-state index is 0.0988. The molecule has 20 nitrogen and oxygen atoms in total. The van der Waals surface area contributed by atoms with E-state index in [4.69, 9.17) is 30.0 Å². The molecule has 324 valence electrons. The quantitative estimate of drug-likeness (QED) is 0.0531. The van der Waals surface area contributed by atoms with Crippen LogP contribution in [0.3, 0.4) is 0 Å². The minimum Gasteiger partial charge on any atom is -0.494 e. The molecule has 0 unspecified atom stereocenters. The van der Waals surface area contributed by atoms with Crippen molar-refractivity contribution in [3.63, 3.8) is 0 Å². The zero-order valence-electron chi connectivity index (χ0n) is 35.6. The standard InChI is InChI=1S/C42H48N12O8/c1-9-53-30(18-24(3)48-53)38(57)46-40-45-29-21-27(37(56)50-61-8)23-32(60-7)34(29)51(40)15-11-12-16-52-35-28(44-41(52)47-39(58)31-19-25(4)49-54(31)10-2)20-26(36(43)55)22-33(35)62-17-13-14-42(5,6)59/h11-12,18-23,59H,9-10,15-17H2,1-8H3,(H2,43,55)(H,50,56)(H,44,47,58)(H,45,46,57). The Labute approximate surface area is 356 Å². The van der Waals surface area contributed by atoms with Gasteiger partial charge >= 0.3 is 0 Å². The molecular formula is C42H48N12O8. The Hall–Kier alpha value is -7.50. The number of nitrogens with one attached hydrogen (secondary N) is 3. The van der Waals surface area contributed by atoms with E-state index in [-0.39, 0.29) is 48.5 Å². The van der Waals surface area contributed by atoms with Crippen LogP contribution in [-0.2, 0) is 31.0 Å². The fourth-order valence-corrected chi connectivity index (χ4v) is 6.69. The lowest BCUT2D eigenvalue weighted by molar-refractivity contribution is 0.0537. The third kappa shape index (κ3) is 9.59. The highest BCUT2D eigenvalue weighted by Crippen LogP contribution is 2.33. The van der Waals surface area contributed by atoms with Crippen molar-refractivity contribution in [2.75, 3.05) is 31.5 Å². The van der Waals surface area contributed by atoms with Crippen LogP contribution in [0.25, 0.3) is 22.1 Å². The van der Waals surface area contributed by atoms with Gasteiger partial charge in [-0.2, -0.15) is 10.2 Å². The molecular weight excluding hydrogens is 801 g/mol. The number of benzene rings is 2. The van der Waals surface area contributed by atoms with Crippen LogP contribution >= 0.6 is 0 Å². The number of aryl methyl sites for hydroxylation is 4. The smallest absolute Gasteiger partial charge is 0.276 e. The molecule has 0 fully saturated rings. The van der Waals surface area contributed by atoms with Gasteiger partial charge in [-0.1, -0.05) is 24.0 Å². The van der Waals surface area contributed by atoms with Crippen molar-refractivity contribution in [1.82, 2.24) is 44.1 Å². The second kappa shape index (κ2) is 18.4. The third-order valence-corrected chi connectivity index (χ3v) is 9.33. The van der Waals surface area contributed by atoms with E-state index in [1.54, 1.807) is 56.6 Å². The molecule has 62 heavy (non-hydrogen) atoms. The first-order valence-corrected chi connectivity index (χ1v) is 19.5. The number of aromatic nitrogens is 8. The van der Waals surface area contributed by atoms with Crippen molar-refractivity contribution in [3.8, 4) is 23.3 Å². The molecule has 0 saturated heterocycles. The summed E-state index contributed by atoms with van der Waals surface area (Å²) in [6.07, 6.45) is 3.61. The van der Waals surface area contributed by atoms with E-state index in [2.05, 4.69) is 38.2 Å². The third-order valence-electron chi connectivity index (χ3n) is 9.33. The number of ether oxygens (including phenoxy) is 2. The zero-order chi connectivity index (χ0) is 44.9. The van der Waals surface area contributed by atoms with Crippen LogP contribution in [0.1, 0.15) is 80.8 Å². The summed E-state index contributed by atoms with van der Waals surface area (Å²) in [6, 6.07) is 9.38. The number of hydrogen-bond donors (Lipinski definition) is 5. The lowest BCUT2D eigenvalue weighted by Crippen LogP contribution is -2.21. The summed E-state index contributed by atoms with van der Waals surface area (Å²) < 4.78 is 18.4. The fourth-order valence-electron chi connectivity index (χ4n) is 6.69. The van der Waals surface area contributed by atoms with Crippen molar-refractivity contribution in [3.05, 3.63) is 82.5 Å². The Bertz CT molecular complexity index is 2790. The Morgan fingerprint density at radius 3 is 1.74 bits per heavy atom. The van der Waals surface area contributed by atoms with Crippen molar-refractivity contribution in [2.24, 2.45) is 5.73 Å². The number of anilines is 2. The molecule has 4 amide bonds. The van der Waals surface area contributed by atoms with E-state index < -0.39 is 29.2 Å². The summed E-state index contributed by atoms with van der Waals surface area (Å²) in [4.78, 5) is 67.0. The predicted octanol–water partition coefficient (Wildman–Crippen LogP) is 3.75. The monoisotopic (exact) mass is 848 g/mol. The second-order valence-corrected chi connectivity index (χ2v) is 14.5. The maximum absolute atomic E-state index is 13.8. The van der Waals surface area contributed by atoms with E-state index in [1.165, 1.54) is 46.3 Å². The zero-order valence-corrected chi connectivity index (χ0v) is 35.6. The molecule has 0 spiro atoms. The van der Waals surface area contributed by atoms with Gasteiger partial charge in [-0.05, 0) is 77.9 Å². The van der Waals surface area contributed by atoms with Gasteiger partial charge in [-0.25, -0.2) is 15.4 Å². The molecule has 0 aliphatic carbocycles. The molecule has 6 aromatic rings. The molecule has 4 heterocycles. The van der Waals surface area contributed by atoms with E-state index in [0.717, 1.165) is 0 Å². The highest BCUT2D eigenvalue weighted by molar-refractivity contribution is 6.05. The van der Waals surface area contributed by atoms with Crippen LogP contribution in [0.4, 0.5) is 11.9 Å². The highest BCUT2D eigenvalue weighted by atomic mass is 16.6. The van der Waals surface area contributed by atoms with E-state index in [1.807, 2.05) is 19.9 Å². The summed E-state index contributed by atoms with van der Waals surface area (Å²) in [7, 11) is 2.77. The number of primary amides is 1. The summed E-state index contributed by atoms with van der Waals surface area (Å²) in [5, 5.41) is 24.7. The lowest BCUT2D eigenvalue weighted by atomic mass is 10.1. The van der Waals surface area contributed by atoms with E-state index in [9.17, 15) is 24.3 Å². The van der Waals surface area contributed by atoms with Gasteiger partial charge in [0.15, 0.2) is 0 Å². The number of carbonyl (C=O) groups is 4. The molecule has 0 radical (unpaired) electrons. The Kier molecular flexibility index (Phi) is 13.1. The van der Waals surface area contributed by atoms with Crippen LogP contribution in [0.15, 0.2) is 48.6 Å². The predicted molar refractivity (Wildman–Crippen MR) is 229 cm³/mol. The molecule has 6 N–H and O–H groups in total. The van der Waals surface area contributed by atoms with E-state index >= 15 is 0 Å². The number of nitrogens with zero attached hydrogens (tertiary/aromatic N) is 8. The van der Waals surface area contributed by atoms with Crippen LogP contribution in [0.5, 0.6) is 11.5 Å². The summed E-state index contributed by atoms with van der Waals surface area (Å²) in [6.45, 7) is 11.4. The number of hydroxylamine groups is 1. The van der Waals surface area contributed by atoms with Crippen molar-refractivity contribution >= 4 is 57.6 Å². The number of imidazole rings is 2. The summed E-state index contributed by atoms with van der Waals surface area (Å²) >= 11 is 0. The molecule has 0 aliphatic rings. The minimum atomic E-state index is -1.27. The molecule has 4 aromatic heterocycles. The van der Waals surface area contributed by atoms with Gasteiger partial charge in [0, 0.05) is 37.3 Å². The number of allylic oxidation sites excluding steroid dienone is 2. The van der Waals surface area contributed by atoms with Gasteiger partial charge < -0.3 is 29.4 Å². The molecule has 0 bridgehead atoms. The maximum Gasteiger partial charge on any atom is 0.276 e. The molecule has 0 atom stereocenters. The number of fused-ring (bicyclic) bond motifs is 2. The second-order valence-electron chi connectivity index (χ2n) is 14.5. The number of methoxy groups -OCH3 is 1. The molecule has 2 aromatic carbocycles. The van der Waals surface area contributed by atoms with Crippen molar-refractivity contribution in [1.29, 1.82) is 0 Å². The molecule has 20 heteroatoms. The number of nitrogens with two attached hydrogens (primary N) is 1. The molecule has 0 aliphatic heterocycles. The SMILES string of the molecule is CCn1nc(C)cc1C(=O)Nc1nc2cc(C(=O)NOC)cc(OC)c2n1CC=CCn1c(NC(=O)c2cc(C)nn2CC)nc2cc(C(N)=O)cc(OCC#CC(C)(C)O)c21. The van der Waals surface area contributed by atoms with Crippen LogP contribution in [0, 0.1) is 25.7 Å². The molecule has 6 rings (SSSR count). The van der Waals surface area contributed by atoms with Gasteiger partial charge in [-0.3, -0.25) is 44.0 Å².